The molecule has 0 spiro atoms. The predicted molar refractivity (Wildman–Crippen MR) is 42.5 cm³/mol. The zero-order chi connectivity index (χ0) is 8.44. The van der Waals surface area contributed by atoms with E-state index in [1.54, 1.807) is 0 Å². The van der Waals surface area contributed by atoms with Crippen molar-refractivity contribution in [1.82, 2.24) is 0 Å². The molecular weight excluding hydrogens is 154 g/mol. The van der Waals surface area contributed by atoms with Gasteiger partial charge in [-0.25, -0.2) is 0 Å². The fourth-order valence-corrected chi connectivity index (χ4v) is 1.75. The van der Waals surface area contributed by atoms with Gasteiger partial charge in [0.1, 0.15) is 0 Å². The molecule has 0 amide bonds. The van der Waals surface area contributed by atoms with E-state index in [0.29, 0.717) is 6.10 Å². The van der Waals surface area contributed by atoms with Crippen molar-refractivity contribution in [2.24, 2.45) is 5.41 Å². The highest BCUT2D eigenvalue weighted by molar-refractivity contribution is 5.02. The van der Waals surface area contributed by atoms with Crippen LogP contribution in [0.5, 0.6) is 0 Å². The Morgan fingerprint density at radius 3 is 2.58 bits per heavy atom. The zero-order valence-electron chi connectivity index (χ0n) is 7.08. The molecule has 3 heteroatoms. The Morgan fingerprint density at radius 1 is 1.42 bits per heavy atom. The minimum atomic E-state index is -0.139. The van der Waals surface area contributed by atoms with Crippen molar-refractivity contribution in [1.29, 1.82) is 5.26 Å². The monoisotopic (exact) mass is 167 g/mol. The van der Waals surface area contributed by atoms with Gasteiger partial charge in [-0.1, -0.05) is 0 Å². The molecule has 0 aromatic heterocycles. The second kappa shape index (κ2) is 3.04. The highest BCUT2D eigenvalue weighted by atomic mass is 16.6. The van der Waals surface area contributed by atoms with Gasteiger partial charge in [-0.05, 0) is 19.3 Å². The zero-order valence-corrected chi connectivity index (χ0v) is 7.08. The van der Waals surface area contributed by atoms with Gasteiger partial charge in [0.15, 0.2) is 0 Å². The van der Waals surface area contributed by atoms with Gasteiger partial charge in [0, 0.05) is 13.2 Å². The second-order valence-electron chi connectivity index (χ2n) is 3.66. The first-order chi connectivity index (χ1) is 5.85. The van der Waals surface area contributed by atoms with E-state index in [4.69, 9.17) is 14.7 Å². The molecule has 0 saturated carbocycles. The van der Waals surface area contributed by atoms with Crippen LogP contribution < -0.4 is 0 Å². The van der Waals surface area contributed by atoms with Gasteiger partial charge in [-0.3, -0.25) is 0 Å². The molecule has 0 aliphatic carbocycles. The van der Waals surface area contributed by atoms with Crippen molar-refractivity contribution in [3.63, 3.8) is 0 Å². The molecule has 0 radical (unpaired) electrons. The average Bonchev–Trinajstić information content (AvgIpc) is 2.90. The third-order valence-electron chi connectivity index (χ3n) is 2.71. The Bertz CT molecular complexity index is 199. The number of nitriles is 1. The van der Waals surface area contributed by atoms with Crippen LogP contribution in [0.1, 0.15) is 19.3 Å². The predicted octanol–water partition coefficient (Wildman–Crippen LogP) is 1.10. The smallest absolute Gasteiger partial charge is 0.0825 e. The molecule has 3 nitrogen and oxygen atoms in total. The summed E-state index contributed by atoms with van der Waals surface area (Å²) < 4.78 is 10.4. The Morgan fingerprint density at radius 2 is 2.08 bits per heavy atom. The molecule has 2 saturated heterocycles. The number of epoxide rings is 1. The molecular formula is C9H13NO2. The van der Waals surface area contributed by atoms with Crippen molar-refractivity contribution in [3.8, 4) is 6.07 Å². The summed E-state index contributed by atoms with van der Waals surface area (Å²) in [5, 5.41) is 9.06. The van der Waals surface area contributed by atoms with E-state index < -0.39 is 0 Å². The van der Waals surface area contributed by atoms with Gasteiger partial charge in [0.05, 0.1) is 24.2 Å². The van der Waals surface area contributed by atoms with Crippen LogP contribution in [0.4, 0.5) is 0 Å². The summed E-state index contributed by atoms with van der Waals surface area (Å²) in [6.45, 7) is 2.32. The first-order valence-electron chi connectivity index (χ1n) is 4.45. The Labute approximate surface area is 72.3 Å². The van der Waals surface area contributed by atoms with E-state index in [2.05, 4.69) is 6.07 Å². The maximum absolute atomic E-state index is 9.06. The van der Waals surface area contributed by atoms with Crippen LogP contribution in [0, 0.1) is 16.7 Å². The van der Waals surface area contributed by atoms with Crippen LogP contribution in [0.25, 0.3) is 0 Å². The molecule has 0 aromatic carbocycles. The van der Waals surface area contributed by atoms with Gasteiger partial charge >= 0.3 is 0 Å². The maximum atomic E-state index is 9.06. The summed E-state index contributed by atoms with van der Waals surface area (Å²) in [5.74, 6) is 0. The lowest BCUT2D eigenvalue weighted by atomic mass is 9.78. The van der Waals surface area contributed by atoms with Crippen molar-refractivity contribution in [2.45, 2.75) is 25.4 Å². The van der Waals surface area contributed by atoms with Crippen LogP contribution in [0.2, 0.25) is 0 Å². The van der Waals surface area contributed by atoms with E-state index >= 15 is 0 Å². The summed E-state index contributed by atoms with van der Waals surface area (Å²) >= 11 is 0. The fraction of sp³-hybridized carbons (Fsp3) is 0.889. The molecule has 12 heavy (non-hydrogen) atoms. The minimum absolute atomic E-state index is 0.139. The van der Waals surface area contributed by atoms with E-state index in [1.807, 2.05) is 0 Å². The maximum Gasteiger partial charge on any atom is 0.0825 e. The molecule has 0 aromatic rings. The minimum Gasteiger partial charge on any atom is -0.381 e. The lowest BCUT2D eigenvalue weighted by Gasteiger charge is -2.29. The third kappa shape index (κ3) is 1.60. The van der Waals surface area contributed by atoms with Crippen LogP contribution >= 0.6 is 0 Å². The summed E-state index contributed by atoms with van der Waals surface area (Å²) in [6, 6.07) is 2.43. The van der Waals surface area contributed by atoms with Gasteiger partial charge in [-0.15, -0.1) is 0 Å². The van der Waals surface area contributed by atoms with Gasteiger partial charge in [0.25, 0.3) is 0 Å². The van der Waals surface area contributed by atoms with Crippen LogP contribution in [-0.2, 0) is 9.47 Å². The fourth-order valence-electron chi connectivity index (χ4n) is 1.75. The normalized spacial score (nSPS) is 32.4. The van der Waals surface area contributed by atoms with E-state index in [0.717, 1.165) is 39.1 Å². The van der Waals surface area contributed by atoms with Crippen LogP contribution in [-0.4, -0.2) is 25.9 Å². The first kappa shape index (κ1) is 8.03. The largest absolute Gasteiger partial charge is 0.381 e. The Hall–Kier alpha value is -0.590. The van der Waals surface area contributed by atoms with Crippen molar-refractivity contribution in [2.75, 3.05) is 19.8 Å². The molecule has 0 N–H and O–H groups in total. The number of hydrogen-bond donors (Lipinski definition) is 0. The standard InChI is InChI=1S/C9H13NO2/c10-7-9(5-8-6-12-8)1-3-11-4-2-9/h8H,1-6H2. The molecule has 2 aliphatic heterocycles. The van der Waals surface area contributed by atoms with Crippen LogP contribution in [0.3, 0.4) is 0 Å². The Balaban J connectivity index is 1.96. The molecule has 2 aliphatic rings. The van der Waals surface area contributed by atoms with Crippen molar-refractivity contribution in [3.05, 3.63) is 0 Å². The van der Waals surface area contributed by atoms with E-state index in [-0.39, 0.29) is 5.41 Å². The first-order valence-corrected chi connectivity index (χ1v) is 4.45. The molecule has 2 rings (SSSR count). The number of rotatable bonds is 2. The topological polar surface area (TPSA) is 45.5 Å². The molecule has 2 heterocycles. The van der Waals surface area contributed by atoms with Crippen molar-refractivity contribution >= 4 is 0 Å². The van der Waals surface area contributed by atoms with Crippen LogP contribution in [0.15, 0.2) is 0 Å². The summed E-state index contributed by atoms with van der Waals surface area (Å²) in [7, 11) is 0. The molecule has 1 atom stereocenters. The molecule has 1 unspecified atom stereocenters. The summed E-state index contributed by atoms with van der Waals surface area (Å²) in [6.07, 6.45) is 3.03. The number of nitrogens with zero attached hydrogens (tertiary/aromatic N) is 1. The lowest BCUT2D eigenvalue weighted by Crippen LogP contribution is -2.29. The van der Waals surface area contributed by atoms with Crippen molar-refractivity contribution < 1.29 is 9.47 Å². The highest BCUT2D eigenvalue weighted by Gasteiger charge is 2.39. The summed E-state index contributed by atoms with van der Waals surface area (Å²) in [4.78, 5) is 0. The SMILES string of the molecule is N#CC1(CC2CO2)CCOCC1. The number of hydrogen-bond acceptors (Lipinski definition) is 3. The molecule has 0 bridgehead atoms. The molecule has 2 fully saturated rings. The number of ether oxygens (including phenoxy) is 2. The average molecular weight is 167 g/mol. The van der Waals surface area contributed by atoms with Gasteiger partial charge in [0.2, 0.25) is 0 Å². The van der Waals surface area contributed by atoms with E-state index in [1.165, 1.54) is 0 Å². The molecule has 66 valence electrons. The van der Waals surface area contributed by atoms with Gasteiger partial charge < -0.3 is 9.47 Å². The lowest BCUT2D eigenvalue weighted by molar-refractivity contribution is 0.0339. The Kier molecular flexibility index (Phi) is 2.03. The second-order valence-corrected chi connectivity index (χ2v) is 3.66. The van der Waals surface area contributed by atoms with Gasteiger partial charge in [-0.2, -0.15) is 5.26 Å². The quantitative estimate of drug-likeness (QED) is 0.578. The highest BCUT2D eigenvalue weighted by Crippen LogP contribution is 2.37. The van der Waals surface area contributed by atoms with E-state index in [9.17, 15) is 0 Å². The summed E-state index contributed by atoms with van der Waals surface area (Å²) in [5.41, 5.74) is -0.139. The third-order valence-corrected chi connectivity index (χ3v) is 2.71.